The highest BCUT2D eigenvalue weighted by atomic mass is 15.1. The van der Waals surface area contributed by atoms with Crippen LogP contribution in [0.1, 0.15) is 12.7 Å². The summed E-state index contributed by atoms with van der Waals surface area (Å²) in [4.78, 5) is 8.28. The number of hydrogen-bond acceptors (Lipinski definition) is 3. The van der Waals surface area contributed by atoms with Crippen molar-refractivity contribution < 1.29 is 0 Å². The van der Waals surface area contributed by atoms with Crippen molar-refractivity contribution in [3.63, 3.8) is 0 Å². The van der Waals surface area contributed by atoms with Gasteiger partial charge in [0.05, 0.1) is 11.9 Å². The van der Waals surface area contributed by atoms with E-state index >= 15 is 0 Å². The lowest BCUT2D eigenvalue weighted by atomic mass is 10.3. The van der Waals surface area contributed by atoms with E-state index < -0.39 is 0 Å². The van der Waals surface area contributed by atoms with Crippen LogP contribution in [0.3, 0.4) is 0 Å². The normalized spacial score (nSPS) is 10.4. The van der Waals surface area contributed by atoms with Crippen LogP contribution in [0.25, 0.3) is 5.69 Å². The largest absolute Gasteiger partial charge is 0.384 e. The zero-order valence-corrected chi connectivity index (χ0v) is 8.01. The highest BCUT2D eigenvalue weighted by Gasteiger charge is 2.02. The third kappa shape index (κ3) is 1.46. The van der Waals surface area contributed by atoms with Crippen LogP contribution < -0.4 is 5.73 Å². The summed E-state index contributed by atoms with van der Waals surface area (Å²) >= 11 is 0. The Morgan fingerprint density at radius 3 is 2.86 bits per heavy atom. The van der Waals surface area contributed by atoms with E-state index in [4.69, 9.17) is 5.73 Å². The Morgan fingerprint density at radius 2 is 2.21 bits per heavy atom. The van der Waals surface area contributed by atoms with Gasteiger partial charge in [0.1, 0.15) is 11.6 Å². The molecule has 0 aromatic carbocycles. The van der Waals surface area contributed by atoms with Gasteiger partial charge in [-0.1, -0.05) is 6.92 Å². The summed E-state index contributed by atoms with van der Waals surface area (Å²) in [5.74, 6) is 1.56. The molecule has 4 heteroatoms. The molecule has 0 radical (unpaired) electrons. The highest BCUT2D eigenvalue weighted by Crippen LogP contribution is 2.10. The molecule has 0 aliphatic carbocycles. The molecule has 2 N–H and O–H groups in total. The summed E-state index contributed by atoms with van der Waals surface area (Å²) in [6, 6.07) is 3.72. The number of rotatable bonds is 2. The summed E-state index contributed by atoms with van der Waals surface area (Å²) in [6.07, 6.45) is 6.36. The quantitative estimate of drug-likeness (QED) is 0.775. The minimum Gasteiger partial charge on any atom is -0.384 e. The van der Waals surface area contributed by atoms with Crippen molar-refractivity contribution in [2.24, 2.45) is 0 Å². The van der Waals surface area contributed by atoms with E-state index in [1.165, 1.54) is 0 Å². The van der Waals surface area contributed by atoms with Crippen LogP contribution in [-0.4, -0.2) is 14.5 Å². The van der Waals surface area contributed by atoms with Crippen molar-refractivity contribution in [1.29, 1.82) is 0 Å². The van der Waals surface area contributed by atoms with E-state index in [0.29, 0.717) is 5.82 Å². The van der Waals surface area contributed by atoms with Gasteiger partial charge in [-0.3, -0.25) is 0 Å². The van der Waals surface area contributed by atoms with Gasteiger partial charge in [-0.15, -0.1) is 0 Å². The summed E-state index contributed by atoms with van der Waals surface area (Å²) < 4.78 is 2.01. The molecular formula is C10H12N4. The second-order valence-electron chi connectivity index (χ2n) is 3.01. The standard InChI is InChI=1S/C10H12N4/c1-2-10-12-5-6-14(10)8-3-4-9(11)13-7-8/h3-7H,2H2,1H3,(H2,11,13). The molecule has 4 nitrogen and oxygen atoms in total. The second-order valence-corrected chi connectivity index (χ2v) is 3.01. The fourth-order valence-corrected chi connectivity index (χ4v) is 1.37. The number of hydrogen-bond donors (Lipinski definition) is 1. The van der Waals surface area contributed by atoms with Crippen LogP contribution in [0.15, 0.2) is 30.7 Å². The summed E-state index contributed by atoms with van der Waals surface area (Å²) in [7, 11) is 0. The number of aryl methyl sites for hydroxylation is 1. The van der Waals surface area contributed by atoms with Gasteiger partial charge in [-0.25, -0.2) is 9.97 Å². The average Bonchev–Trinajstić information content (AvgIpc) is 2.67. The third-order valence-corrected chi connectivity index (χ3v) is 2.08. The Bertz CT molecular complexity index is 416. The minimum absolute atomic E-state index is 0.534. The first-order valence-corrected chi connectivity index (χ1v) is 4.55. The van der Waals surface area contributed by atoms with Gasteiger partial charge in [0.25, 0.3) is 0 Å². The van der Waals surface area contributed by atoms with E-state index in [1.807, 2.05) is 16.8 Å². The SMILES string of the molecule is CCc1nccn1-c1ccc(N)nc1. The van der Waals surface area contributed by atoms with Gasteiger partial charge in [-0.05, 0) is 12.1 Å². The minimum atomic E-state index is 0.534. The Kier molecular flexibility index (Phi) is 2.18. The molecule has 0 spiro atoms. The van der Waals surface area contributed by atoms with Gasteiger partial charge in [0.15, 0.2) is 0 Å². The van der Waals surface area contributed by atoms with Crippen LogP contribution in [0.4, 0.5) is 5.82 Å². The zero-order valence-electron chi connectivity index (χ0n) is 8.01. The Morgan fingerprint density at radius 1 is 1.36 bits per heavy atom. The summed E-state index contributed by atoms with van der Waals surface area (Å²) in [5, 5.41) is 0. The molecule has 2 aromatic rings. The van der Waals surface area contributed by atoms with Crippen LogP contribution >= 0.6 is 0 Å². The first kappa shape index (κ1) is 8.74. The van der Waals surface area contributed by atoms with E-state index in [2.05, 4.69) is 16.9 Å². The molecule has 0 fully saturated rings. The van der Waals surface area contributed by atoms with E-state index in [1.54, 1.807) is 18.5 Å². The fourth-order valence-electron chi connectivity index (χ4n) is 1.37. The molecule has 0 aliphatic heterocycles. The number of imidazole rings is 1. The smallest absolute Gasteiger partial charge is 0.123 e. The lowest BCUT2D eigenvalue weighted by Gasteiger charge is -2.05. The van der Waals surface area contributed by atoms with Crippen molar-refractivity contribution in [3.05, 3.63) is 36.5 Å². The van der Waals surface area contributed by atoms with Crippen LogP contribution in [0.2, 0.25) is 0 Å². The highest BCUT2D eigenvalue weighted by molar-refractivity contribution is 5.37. The molecule has 14 heavy (non-hydrogen) atoms. The Balaban J connectivity index is 2.44. The van der Waals surface area contributed by atoms with Crippen molar-refractivity contribution in [1.82, 2.24) is 14.5 Å². The summed E-state index contributed by atoms with van der Waals surface area (Å²) in [5.41, 5.74) is 6.51. The third-order valence-electron chi connectivity index (χ3n) is 2.08. The maximum absolute atomic E-state index is 5.51. The number of aromatic nitrogens is 3. The Labute approximate surface area is 82.4 Å². The predicted molar refractivity (Wildman–Crippen MR) is 55.1 cm³/mol. The van der Waals surface area contributed by atoms with Crippen LogP contribution in [0.5, 0.6) is 0 Å². The molecule has 2 rings (SSSR count). The number of nitrogens with zero attached hydrogens (tertiary/aromatic N) is 3. The van der Waals surface area contributed by atoms with Gasteiger partial charge in [0, 0.05) is 18.8 Å². The predicted octanol–water partition coefficient (Wildman–Crippen LogP) is 1.41. The molecule has 0 saturated heterocycles. The maximum Gasteiger partial charge on any atom is 0.123 e. The van der Waals surface area contributed by atoms with E-state index in [-0.39, 0.29) is 0 Å². The van der Waals surface area contributed by atoms with E-state index in [9.17, 15) is 0 Å². The average molecular weight is 188 g/mol. The molecule has 0 unspecified atom stereocenters. The molecule has 0 aliphatic rings. The first-order chi connectivity index (χ1) is 6.81. The Hall–Kier alpha value is -1.84. The first-order valence-electron chi connectivity index (χ1n) is 4.55. The molecule has 0 amide bonds. The number of pyridine rings is 1. The lowest BCUT2D eigenvalue weighted by Crippen LogP contribution is -2.00. The maximum atomic E-state index is 5.51. The lowest BCUT2D eigenvalue weighted by molar-refractivity contribution is 0.887. The molecule has 0 saturated carbocycles. The molecule has 2 aromatic heterocycles. The van der Waals surface area contributed by atoms with Crippen molar-refractivity contribution in [2.45, 2.75) is 13.3 Å². The molecular weight excluding hydrogens is 176 g/mol. The van der Waals surface area contributed by atoms with Crippen LogP contribution in [-0.2, 0) is 6.42 Å². The molecule has 72 valence electrons. The topological polar surface area (TPSA) is 56.7 Å². The number of nitrogen functional groups attached to an aromatic ring is 1. The van der Waals surface area contributed by atoms with Gasteiger partial charge in [0.2, 0.25) is 0 Å². The monoisotopic (exact) mass is 188 g/mol. The van der Waals surface area contributed by atoms with Crippen molar-refractivity contribution in [3.8, 4) is 5.69 Å². The molecule has 2 heterocycles. The second kappa shape index (κ2) is 3.49. The van der Waals surface area contributed by atoms with Crippen molar-refractivity contribution in [2.75, 3.05) is 5.73 Å². The van der Waals surface area contributed by atoms with Gasteiger partial charge < -0.3 is 10.3 Å². The number of anilines is 1. The van der Waals surface area contributed by atoms with Crippen LogP contribution in [0, 0.1) is 0 Å². The fraction of sp³-hybridized carbons (Fsp3) is 0.200. The zero-order chi connectivity index (χ0) is 9.97. The molecule has 0 bridgehead atoms. The van der Waals surface area contributed by atoms with Gasteiger partial charge >= 0.3 is 0 Å². The molecule has 0 atom stereocenters. The van der Waals surface area contributed by atoms with Crippen molar-refractivity contribution >= 4 is 5.82 Å². The number of nitrogens with two attached hydrogens (primary N) is 1. The van der Waals surface area contributed by atoms with Gasteiger partial charge in [-0.2, -0.15) is 0 Å². The van der Waals surface area contributed by atoms with E-state index in [0.717, 1.165) is 17.9 Å². The summed E-state index contributed by atoms with van der Waals surface area (Å²) in [6.45, 7) is 2.07.